The molecule has 42 heavy (non-hydrogen) atoms. The molecule has 0 radical (unpaired) electrons. The average Bonchev–Trinajstić information content (AvgIpc) is 3.03. The molecule has 0 N–H and O–H groups in total. The van der Waals surface area contributed by atoms with Gasteiger partial charge in [0, 0.05) is 76.6 Å². The Bertz CT molecular complexity index is 1380. The van der Waals surface area contributed by atoms with E-state index >= 15 is 0 Å². The van der Waals surface area contributed by atoms with Crippen LogP contribution in [0.4, 0.5) is 11.4 Å². The summed E-state index contributed by atoms with van der Waals surface area (Å²) < 4.78 is 0. The number of ketones is 1. The van der Waals surface area contributed by atoms with Gasteiger partial charge in [0.2, 0.25) is 0 Å². The number of hydrogen-bond acceptors (Lipinski definition) is 5. The van der Waals surface area contributed by atoms with E-state index in [2.05, 4.69) is 56.0 Å². The summed E-state index contributed by atoms with van der Waals surface area (Å²) in [6, 6.07) is 32.3. The third-order valence-electron chi connectivity index (χ3n) is 8.38. The van der Waals surface area contributed by atoms with Gasteiger partial charge in [-0.3, -0.25) is 14.6 Å². The second-order valence-electron chi connectivity index (χ2n) is 11.2. The first kappa shape index (κ1) is 28.8. The maximum Gasteiger partial charge on any atom is 0.193 e. The molecular weight excluding hydrogens is 563 g/mol. The Morgan fingerprint density at radius 3 is 1.21 bits per heavy atom. The Morgan fingerprint density at radius 1 is 0.500 bits per heavy atom. The predicted molar refractivity (Wildman–Crippen MR) is 174 cm³/mol. The van der Waals surface area contributed by atoms with Crippen molar-refractivity contribution in [2.45, 2.75) is 13.1 Å². The third-order valence-corrected chi connectivity index (χ3v) is 9.01. The molecule has 0 aromatic heterocycles. The summed E-state index contributed by atoms with van der Waals surface area (Å²) in [5.74, 6) is 0.0646. The quantitative estimate of drug-likeness (QED) is 0.206. The lowest BCUT2D eigenvalue weighted by Gasteiger charge is -2.36. The highest BCUT2D eigenvalue weighted by Gasteiger charge is 2.20. The van der Waals surface area contributed by atoms with Gasteiger partial charge >= 0.3 is 0 Å². The number of carbonyl (C=O) groups excluding carboxylic acids is 1. The van der Waals surface area contributed by atoms with Gasteiger partial charge in [-0.15, -0.1) is 0 Å². The maximum absolute atomic E-state index is 13.2. The molecule has 0 saturated carbocycles. The van der Waals surface area contributed by atoms with Crippen molar-refractivity contribution >= 4 is 40.4 Å². The van der Waals surface area contributed by atoms with E-state index in [-0.39, 0.29) is 5.78 Å². The van der Waals surface area contributed by atoms with Crippen molar-refractivity contribution in [3.63, 3.8) is 0 Å². The molecule has 4 aromatic rings. The first-order valence-electron chi connectivity index (χ1n) is 14.7. The smallest absolute Gasteiger partial charge is 0.193 e. The summed E-state index contributed by atoms with van der Waals surface area (Å²) >= 11 is 12.8. The fourth-order valence-corrected chi connectivity index (χ4v) is 6.43. The van der Waals surface area contributed by atoms with E-state index in [1.165, 1.54) is 11.1 Å². The Labute approximate surface area is 258 Å². The van der Waals surface area contributed by atoms with Crippen molar-refractivity contribution in [1.29, 1.82) is 0 Å². The molecule has 5 nitrogen and oxygen atoms in total. The molecule has 2 aliphatic rings. The minimum atomic E-state index is 0.0646. The number of piperazine rings is 2. The van der Waals surface area contributed by atoms with Crippen LogP contribution in [-0.2, 0) is 13.1 Å². The topological polar surface area (TPSA) is 30.0 Å². The van der Waals surface area contributed by atoms with Gasteiger partial charge in [0.1, 0.15) is 0 Å². The number of nitrogens with zero attached hydrogens (tertiary/aromatic N) is 4. The first-order valence-corrected chi connectivity index (χ1v) is 15.5. The fraction of sp³-hybridized carbons (Fsp3) is 0.286. The molecule has 2 fully saturated rings. The molecule has 2 aliphatic heterocycles. The normalized spacial score (nSPS) is 16.5. The molecule has 7 heteroatoms. The molecule has 0 amide bonds. The molecule has 2 heterocycles. The summed E-state index contributed by atoms with van der Waals surface area (Å²) in [7, 11) is 0. The van der Waals surface area contributed by atoms with E-state index in [1.54, 1.807) is 0 Å². The van der Waals surface area contributed by atoms with Crippen LogP contribution in [0.1, 0.15) is 27.0 Å². The van der Waals surface area contributed by atoms with Crippen molar-refractivity contribution in [1.82, 2.24) is 9.80 Å². The molecule has 0 spiro atoms. The first-order chi connectivity index (χ1) is 20.5. The maximum atomic E-state index is 13.2. The molecule has 0 aliphatic carbocycles. The molecule has 6 rings (SSSR count). The number of rotatable bonds is 8. The van der Waals surface area contributed by atoms with Crippen LogP contribution in [0.15, 0.2) is 97.1 Å². The summed E-state index contributed by atoms with van der Waals surface area (Å²) in [5, 5.41) is 1.62. The third kappa shape index (κ3) is 6.82. The zero-order chi connectivity index (χ0) is 28.9. The Balaban J connectivity index is 0.978. The van der Waals surface area contributed by atoms with Crippen LogP contribution in [0.25, 0.3) is 0 Å². The SMILES string of the molecule is O=C(c1ccc(CN2CCN(c3ccccc3Cl)CC2)cc1)c1ccc(CN2CCN(c3ccccc3Cl)CC2)cc1. The van der Waals surface area contributed by atoms with Gasteiger partial charge in [-0.25, -0.2) is 0 Å². The lowest BCUT2D eigenvalue weighted by Crippen LogP contribution is -2.46. The predicted octanol–water partition coefficient (Wildman–Crippen LogP) is 6.87. The molecule has 0 bridgehead atoms. The van der Waals surface area contributed by atoms with E-state index in [4.69, 9.17) is 23.2 Å². The largest absolute Gasteiger partial charge is 0.368 e. The number of halogens is 2. The number of para-hydroxylation sites is 2. The van der Waals surface area contributed by atoms with E-state index in [1.807, 2.05) is 60.7 Å². The molecule has 0 unspecified atom stereocenters. The van der Waals surface area contributed by atoms with Crippen LogP contribution in [-0.4, -0.2) is 67.9 Å². The second-order valence-corrected chi connectivity index (χ2v) is 12.0. The summed E-state index contributed by atoms with van der Waals surface area (Å²) in [5.41, 5.74) is 6.13. The molecular formula is C35H36Cl2N4O. The Hall–Kier alpha value is -3.35. The monoisotopic (exact) mass is 598 g/mol. The highest BCUT2D eigenvalue weighted by Crippen LogP contribution is 2.27. The van der Waals surface area contributed by atoms with Crippen molar-refractivity contribution in [2.75, 3.05) is 62.2 Å². The molecule has 0 atom stereocenters. The standard InChI is InChI=1S/C35H36Cl2N4O/c36-31-5-1-3-7-33(31)40-21-17-38(18-22-40)25-27-9-13-29(14-10-27)35(42)30-15-11-28(12-16-30)26-39-19-23-41(24-20-39)34-8-4-2-6-32(34)37/h1-16H,17-26H2. The van der Waals surface area contributed by atoms with E-state index in [0.29, 0.717) is 0 Å². The van der Waals surface area contributed by atoms with Crippen molar-refractivity contribution in [3.05, 3.63) is 129 Å². The lowest BCUT2D eigenvalue weighted by molar-refractivity contribution is 0.103. The van der Waals surface area contributed by atoms with Crippen LogP contribution < -0.4 is 9.80 Å². The zero-order valence-electron chi connectivity index (χ0n) is 23.8. The fourth-order valence-electron chi connectivity index (χ4n) is 5.92. The summed E-state index contributed by atoms with van der Waals surface area (Å²) in [6.07, 6.45) is 0. The minimum Gasteiger partial charge on any atom is -0.368 e. The minimum absolute atomic E-state index is 0.0646. The van der Waals surface area contributed by atoms with Gasteiger partial charge < -0.3 is 9.80 Å². The average molecular weight is 600 g/mol. The van der Waals surface area contributed by atoms with Gasteiger partial charge in [-0.2, -0.15) is 0 Å². The van der Waals surface area contributed by atoms with Crippen LogP contribution in [0.3, 0.4) is 0 Å². The van der Waals surface area contributed by atoms with Crippen LogP contribution in [0, 0.1) is 0 Å². The van der Waals surface area contributed by atoms with Crippen molar-refractivity contribution in [2.24, 2.45) is 0 Å². The van der Waals surface area contributed by atoms with Gasteiger partial charge in [-0.1, -0.05) is 96.0 Å². The Kier molecular flexibility index (Phi) is 9.11. The second kappa shape index (κ2) is 13.3. The lowest BCUT2D eigenvalue weighted by atomic mass is 10.0. The number of benzene rings is 4. The van der Waals surface area contributed by atoms with E-state index in [9.17, 15) is 4.79 Å². The molecule has 4 aromatic carbocycles. The van der Waals surface area contributed by atoms with E-state index < -0.39 is 0 Å². The van der Waals surface area contributed by atoms with Gasteiger partial charge in [0.25, 0.3) is 0 Å². The van der Waals surface area contributed by atoms with Crippen molar-refractivity contribution < 1.29 is 4.79 Å². The van der Waals surface area contributed by atoms with Gasteiger partial charge in [-0.05, 0) is 35.4 Å². The zero-order valence-corrected chi connectivity index (χ0v) is 25.3. The van der Waals surface area contributed by atoms with E-state index in [0.717, 1.165) is 98.0 Å². The molecule has 216 valence electrons. The number of anilines is 2. The van der Waals surface area contributed by atoms with Crippen molar-refractivity contribution in [3.8, 4) is 0 Å². The Morgan fingerprint density at radius 2 is 0.857 bits per heavy atom. The number of hydrogen-bond donors (Lipinski definition) is 0. The summed E-state index contributed by atoms with van der Waals surface area (Å²) in [6.45, 7) is 9.50. The molecule has 2 saturated heterocycles. The van der Waals surface area contributed by atoms with Gasteiger partial charge in [0.15, 0.2) is 5.78 Å². The van der Waals surface area contributed by atoms with Crippen LogP contribution in [0.5, 0.6) is 0 Å². The highest BCUT2D eigenvalue weighted by molar-refractivity contribution is 6.33. The summed E-state index contributed by atoms with van der Waals surface area (Å²) in [4.78, 5) is 22.8. The van der Waals surface area contributed by atoms with Crippen LogP contribution >= 0.6 is 23.2 Å². The van der Waals surface area contributed by atoms with Gasteiger partial charge in [0.05, 0.1) is 21.4 Å². The van der Waals surface area contributed by atoms with Crippen LogP contribution in [0.2, 0.25) is 10.0 Å². The number of carbonyl (C=O) groups is 1. The highest BCUT2D eigenvalue weighted by atomic mass is 35.5.